The maximum absolute atomic E-state index is 12.9. The normalized spacial score (nSPS) is 21.8. The molecule has 1 aliphatic carbocycles. The molecule has 3 rings (SSSR count). The zero-order chi connectivity index (χ0) is 22.1. The van der Waals surface area contributed by atoms with Gasteiger partial charge in [0.05, 0.1) is 10.7 Å². The number of carbonyl (C=O) groups excluding carboxylic acids is 1. The number of hydrogen-bond donors (Lipinski definition) is 0. The number of ether oxygens (including phenoxy) is 2. The summed E-state index contributed by atoms with van der Waals surface area (Å²) < 4.78 is 10.2. The van der Waals surface area contributed by atoms with Crippen molar-refractivity contribution in [3.63, 3.8) is 0 Å². The lowest BCUT2D eigenvalue weighted by Crippen LogP contribution is -2.24. The van der Waals surface area contributed by atoms with Gasteiger partial charge in [-0.15, -0.1) is 0 Å². The number of para-hydroxylation sites is 1. The van der Waals surface area contributed by atoms with Gasteiger partial charge in [-0.25, -0.2) is 0 Å². The molecule has 4 atom stereocenters. The molecule has 1 aliphatic rings. The van der Waals surface area contributed by atoms with E-state index in [1.54, 1.807) is 24.3 Å². The Labute approximate surface area is 202 Å². The van der Waals surface area contributed by atoms with Crippen molar-refractivity contribution in [2.24, 2.45) is 17.3 Å². The first-order chi connectivity index (χ1) is 14.1. The van der Waals surface area contributed by atoms with E-state index in [2.05, 4.69) is 37.9 Å². The number of alkyl halides is 4. The molecule has 0 bridgehead atoms. The number of benzene rings is 2. The minimum atomic E-state index is -1.22. The van der Waals surface area contributed by atoms with Crippen LogP contribution in [0.1, 0.15) is 25.5 Å². The van der Waals surface area contributed by atoms with Crippen molar-refractivity contribution in [2.45, 2.75) is 28.0 Å². The Kier molecular flexibility index (Phi) is 7.08. The van der Waals surface area contributed by atoms with Crippen molar-refractivity contribution in [3.8, 4) is 17.6 Å². The number of hydrogen-bond acceptors (Lipinski definition) is 4. The summed E-state index contributed by atoms with van der Waals surface area (Å²) in [6, 6.07) is 18.3. The highest BCUT2D eigenvalue weighted by Crippen LogP contribution is 2.65. The lowest BCUT2D eigenvalue weighted by atomic mass is 10.1. The van der Waals surface area contributed by atoms with E-state index in [1.807, 2.05) is 44.2 Å². The summed E-state index contributed by atoms with van der Waals surface area (Å²) in [6.45, 7) is 3.89. The minimum Gasteiger partial charge on any atom is -0.457 e. The van der Waals surface area contributed by atoms with Crippen LogP contribution < -0.4 is 4.74 Å². The van der Waals surface area contributed by atoms with Crippen molar-refractivity contribution in [3.05, 3.63) is 60.2 Å². The second-order valence-corrected chi connectivity index (χ2v) is 12.2. The van der Waals surface area contributed by atoms with E-state index in [0.29, 0.717) is 17.1 Å². The molecular weight excluding hydrogens is 557 g/mol. The van der Waals surface area contributed by atoms with Gasteiger partial charge in [0, 0.05) is 5.56 Å². The van der Waals surface area contributed by atoms with Crippen LogP contribution in [0.5, 0.6) is 11.5 Å². The highest BCUT2D eigenvalue weighted by atomic mass is 79.9. The summed E-state index contributed by atoms with van der Waals surface area (Å²) in [5.41, 5.74) is 0.168. The molecule has 0 spiro atoms. The third kappa shape index (κ3) is 5.13. The quantitative estimate of drug-likeness (QED) is 0.260. The van der Waals surface area contributed by atoms with E-state index < -0.39 is 21.2 Å². The third-order valence-corrected chi connectivity index (χ3v) is 8.64. The van der Waals surface area contributed by atoms with Crippen LogP contribution in [-0.4, -0.2) is 14.0 Å². The van der Waals surface area contributed by atoms with Crippen molar-refractivity contribution >= 4 is 61.0 Å². The van der Waals surface area contributed by atoms with E-state index in [0.717, 1.165) is 0 Å². The van der Waals surface area contributed by atoms with Crippen LogP contribution in [0, 0.1) is 28.6 Å². The van der Waals surface area contributed by atoms with Gasteiger partial charge in [-0.05, 0) is 51.5 Å². The lowest BCUT2D eigenvalue weighted by molar-refractivity contribution is -0.149. The monoisotopic (exact) mass is 573 g/mol. The second-order valence-electron chi connectivity index (χ2n) is 7.70. The summed E-state index contributed by atoms with van der Waals surface area (Å²) in [4.78, 5) is 12.5. The van der Waals surface area contributed by atoms with Gasteiger partial charge in [0.2, 0.25) is 6.10 Å². The molecule has 1 fully saturated rings. The average Bonchev–Trinajstić information content (AvgIpc) is 3.27. The van der Waals surface area contributed by atoms with Crippen LogP contribution in [0.4, 0.5) is 0 Å². The number of nitrogens with zero attached hydrogens (tertiary/aromatic N) is 1. The van der Waals surface area contributed by atoms with Crippen molar-refractivity contribution in [2.75, 3.05) is 0 Å². The zero-order valence-corrected chi connectivity index (χ0v) is 20.9. The molecule has 0 aromatic heterocycles. The Morgan fingerprint density at radius 3 is 2.40 bits per heavy atom. The Bertz CT molecular complexity index is 957. The fourth-order valence-corrected chi connectivity index (χ4v) is 5.14. The van der Waals surface area contributed by atoms with Crippen LogP contribution in [0.2, 0.25) is 0 Å². The van der Waals surface area contributed by atoms with E-state index in [4.69, 9.17) is 32.7 Å². The van der Waals surface area contributed by atoms with E-state index in [9.17, 15) is 10.1 Å². The van der Waals surface area contributed by atoms with Crippen LogP contribution in [-0.2, 0) is 9.53 Å². The molecule has 2 aromatic carbocycles. The molecule has 1 unspecified atom stereocenters. The second kappa shape index (κ2) is 9.08. The van der Waals surface area contributed by atoms with E-state index >= 15 is 0 Å². The van der Waals surface area contributed by atoms with Crippen LogP contribution in [0.25, 0.3) is 0 Å². The Morgan fingerprint density at radius 2 is 1.80 bits per heavy atom. The molecule has 0 amide bonds. The fraction of sp³-hybridized carbons (Fsp3) is 0.364. The Hall–Kier alpha value is -1.26. The summed E-state index contributed by atoms with van der Waals surface area (Å²) >= 11 is 19.0. The highest BCUT2D eigenvalue weighted by molar-refractivity contribution is 9.13. The first-order valence-electron chi connectivity index (χ1n) is 9.19. The van der Waals surface area contributed by atoms with Crippen molar-refractivity contribution in [1.82, 2.24) is 0 Å². The van der Waals surface area contributed by atoms with Gasteiger partial charge in [-0.3, -0.25) is 4.79 Å². The lowest BCUT2D eigenvalue weighted by Gasteiger charge is -2.20. The predicted octanol–water partition coefficient (Wildman–Crippen LogP) is 7.15. The van der Waals surface area contributed by atoms with Crippen LogP contribution >= 0.6 is 55.1 Å². The zero-order valence-electron chi connectivity index (χ0n) is 16.2. The molecule has 8 heteroatoms. The number of rotatable bonds is 7. The molecule has 30 heavy (non-hydrogen) atoms. The number of carbonyl (C=O) groups is 1. The third-order valence-electron chi connectivity index (χ3n) is 5.28. The van der Waals surface area contributed by atoms with Gasteiger partial charge < -0.3 is 9.47 Å². The SMILES string of the molecule is CC1(C)[C@H](C(=O)O[C@@H](C#N)c2cccc(Oc3ccccc3)c2)[C@H]1C(Br)C(Cl)(Cl)Br. The Morgan fingerprint density at radius 1 is 1.17 bits per heavy atom. The van der Waals surface area contributed by atoms with Crippen LogP contribution in [0.15, 0.2) is 54.6 Å². The van der Waals surface area contributed by atoms with Gasteiger partial charge >= 0.3 is 5.97 Å². The number of halogens is 4. The Balaban J connectivity index is 1.72. The van der Waals surface area contributed by atoms with Gasteiger partial charge in [0.1, 0.15) is 17.6 Å². The first-order valence-corrected chi connectivity index (χ1v) is 11.7. The molecule has 1 saturated carbocycles. The predicted molar refractivity (Wildman–Crippen MR) is 124 cm³/mol. The van der Waals surface area contributed by atoms with Crippen LogP contribution in [0.3, 0.4) is 0 Å². The molecule has 158 valence electrons. The largest absolute Gasteiger partial charge is 0.457 e. The fourth-order valence-electron chi connectivity index (χ4n) is 3.60. The van der Waals surface area contributed by atoms with Crippen molar-refractivity contribution < 1.29 is 14.3 Å². The molecule has 0 N–H and O–H groups in total. The summed E-state index contributed by atoms with van der Waals surface area (Å²) in [7, 11) is 0. The molecule has 0 radical (unpaired) electrons. The molecule has 2 aromatic rings. The standard InChI is InChI=1S/C22H19Br2Cl2NO3/c1-21(2)17(19(23)22(24,25)26)18(21)20(28)30-16(12-27)13-7-6-10-15(11-13)29-14-8-4-3-5-9-14/h3-11,16-19H,1-2H3/t16-,17-,18-,19?/m0/s1. The molecule has 0 saturated heterocycles. The maximum Gasteiger partial charge on any atom is 0.311 e. The van der Waals surface area contributed by atoms with E-state index in [1.165, 1.54) is 0 Å². The smallest absolute Gasteiger partial charge is 0.311 e. The van der Waals surface area contributed by atoms with Gasteiger partial charge in [-0.1, -0.05) is 83.3 Å². The molecule has 4 nitrogen and oxygen atoms in total. The summed E-state index contributed by atoms with van der Waals surface area (Å²) in [6.07, 6.45) is -1.05. The topological polar surface area (TPSA) is 59.3 Å². The minimum absolute atomic E-state index is 0.147. The van der Waals surface area contributed by atoms with Gasteiger partial charge in [-0.2, -0.15) is 5.26 Å². The first kappa shape index (κ1) is 23.4. The van der Waals surface area contributed by atoms with Gasteiger partial charge in [0.15, 0.2) is 3.24 Å². The summed E-state index contributed by atoms with van der Waals surface area (Å²) in [5.74, 6) is 0.183. The molecular formula is C22H19Br2Cl2NO3. The highest BCUT2D eigenvalue weighted by Gasteiger charge is 2.67. The molecule has 0 aliphatic heterocycles. The maximum atomic E-state index is 12.9. The average molecular weight is 576 g/mol. The van der Waals surface area contributed by atoms with Crippen molar-refractivity contribution in [1.29, 1.82) is 5.26 Å². The number of nitriles is 1. The summed E-state index contributed by atoms with van der Waals surface area (Å²) in [5, 5.41) is 9.62. The van der Waals surface area contributed by atoms with Gasteiger partial charge in [0.25, 0.3) is 0 Å². The van der Waals surface area contributed by atoms with E-state index in [-0.39, 0.29) is 16.2 Å². The number of esters is 1. The molecule has 0 heterocycles.